The minimum Gasteiger partial charge on any atom is -0.480 e. The number of hydrogen-bond donors (Lipinski definition) is 2. The second-order valence-corrected chi connectivity index (χ2v) is 4.30. The van der Waals surface area contributed by atoms with Crippen molar-refractivity contribution < 1.29 is 23.5 Å². The fraction of sp³-hybridized carbons (Fsp3) is 0.385. The van der Waals surface area contributed by atoms with Gasteiger partial charge in [-0.05, 0) is 24.1 Å². The van der Waals surface area contributed by atoms with Gasteiger partial charge in [0.2, 0.25) is 0 Å². The molecule has 0 fully saturated rings. The Morgan fingerprint density at radius 1 is 1.32 bits per heavy atom. The number of carboxylic acid groups (broad SMARTS) is 1. The van der Waals surface area contributed by atoms with Gasteiger partial charge < -0.3 is 10.4 Å². The Bertz CT molecular complexity index is 491. The molecular formula is C13H15F2NO3. The molecule has 0 aliphatic heterocycles. The van der Waals surface area contributed by atoms with Gasteiger partial charge in [-0.25, -0.2) is 13.6 Å². The Labute approximate surface area is 109 Å². The summed E-state index contributed by atoms with van der Waals surface area (Å²) in [7, 11) is 0. The van der Waals surface area contributed by atoms with E-state index in [1.165, 1.54) is 0 Å². The van der Waals surface area contributed by atoms with Crippen LogP contribution in [0.4, 0.5) is 8.78 Å². The van der Waals surface area contributed by atoms with E-state index in [1.807, 2.05) is 0 Å². The lowest BCUT2D eigenvalue weighted by atomic mass is 9.99. The number of aliphatic carboxylic acids is 1. The molecule has 1 amide bonds. The van der Waals surface area contributed by atoms with E-state index < -0.39 is 29.6 Å². The van der Waals surface area contributed by atoms with Gasteiger partial charge in [-0.3, -0.25) is 4.79 Å². The largest absolute Gasteiger partial charge is 0.480 e. The predicted octanol–water partition coefficient (Wildman–Crippen LogP) is 2.19. The Morgan fingerprint density at radius 3 is 2.42 bits per heavy atom. The van der Waals surface area contributed by atoms with Crippen molar-refractivity contribution in [2.45, 2.75) is 26.3 Å². The van der Waals surface area contributed by atoms with Gasteiger partial charge >= 0.3 is 5.97 Å². The molecule has 0 bridgehead atoms. The number of amides is 1. The first-order chi connectivity index (χ1) is 8.86. The van der Waals surface area contributed by atoms with Crippen molar-refractivity contribution in [3.8, 4) is 0 Å². The van der Waals surface area contributed by atoms with Crippen molar-refractivity contribution in [2.24, 2.45) is 5.92 Å². The smallest absolute Gasteiger partial charge is 0.326 e. The SMILES string of the molecule is CC[C@H](C)[C@H](NC(=O)c1ccc(F)c(F)c1)C(=O)O. The highest BCUT2D eigenvalue weighted by molar-refractivity contribution is 5.96. The standard InChI is InChI=1S/C13H15F2NO3/c1-3-7(2)11(13(18)19)16-12(17)8-4-5-9(14)10(15)6-8/h4-7,11H,3H2,1-2H3,(H,16,17)(H,18,19)/t7-,11-/m0/s1. The molecule has 2 atom stereocenters. The van der Waals surface area contributed by atoms with Crippen LogP contribution in [0.25, 0.3) is 0 Å². The molecule has 1 aromatic carbocycles. The quantitative estimate of drug-likeness (QED) is 0.862. The molecule has 0 aliphatic carbocycles. The van der Waals surface area contributed by atoms with Crippen molar-refractivity contribution in [3.63, 3.8) is 0 Å². The van der Waals surface area contributed by atoms with Crippen LogP contribution in [0, 0.1) is 17.6 Å². The normalized spacial score (nSPS) is 13.7. The van der Waals surface area contributed by atoms with E-state index in [0.717, 1.165) is 18.2 Å². The van der Waals surface area contributed by atoms with E-state index >= 15 is 0 Å². The molecule has 0 spiro atoms. The molecule has 1 aromatic rings. The van der Waals surface area contributed by atoms with Crippen molar-refractivity contribution in [1.29, 1.82) is 0 Å². The average Bonchev–Trinajstić information content (AvgIpc) is 2.37. The summed E-state index contributed by atoms with van der Waals surface area (Å²) in [6.07, 6.45) is 0.565. The molecule has 104 valence electrons. The van der Waals surface area contributed by atoms with Gasteiger partial charge in [0.25, 0.3) is 5.91 Å². The number of carbonyl (C=O) groups excluding carboxylic acids is 1. The Hall–Kier alpha value is -1.98. The zero-order chi connectivity index (χ0) is 14.6. The molecule has 0 radical (unpaired) electrons. The van der Waals surface area contributed by atoms with Crippen molar-refractivity contribution in [3.05, 3.63) is 35.4 Å². The molecule has 0 unspecified atom stereocenters. The third-order valence-corrected chi connectivity index (χ3v) is 2.95. The Balaban J connectivity index is 2.87. The predicted molar refractivity (Wildman–Crippen MR) is 64.7 cm³/mol. The molecule has 0 aliphatic rings. The maximum Gasteiger partial charge on any atom is 0.326 e. The molecule has 0 saturated heterocycles. The van der Waals surface area contributed by atoms with Gasteiger partial charge in [0, 0.05) is 5.56 Å². The molecule has 4 nitrogen and oxygen atoms in total. The summed E-state index contributed by atoms with van der Waals surface area (Å²) in [6.45, 7) is 3.48. The summed E-state index contributed by atoms with van der Waals surface area (Å²) in [5.74, 6) is -4.39. The summed E-state index contributed by atoms with van der Waals surface area (Å²) in [5.41, 5.74) is -0.117. The molecule has 0 heterocycles. The monoisotopic (exact) mass is 271 g/mol. The fourth-order valence-corrected chi connectivity index (χ4v) is 1.55. The number of nitrogens with one attached hydrogen (secondary N) is 1. The van der Waals surface area contributed by atoms with Crippen molar-refractivity contribution in [2.75, 3.05) is 0 Å². The van der Waals surface area contributed by atoms with Crippen LogP contribution in [-0.4, -0.2) is 23.0 Å². The first-order valence-corrected chi connectivity index (χ1v) is 5.85. The zero-order valence-electron chi connectivity index (χ0n) is 10.6. The molecular weight excluding hydrogens is 256 g/mol. The highest BCUT2D eigenvalue weighted by Crippen LogP contribution is 2.11. The van der Waals surface area contributed by atoms with Crippen molar-refractivity contribution in [1.82, 2.24) is 5.32 Å². The number of rotatable bonds is 5. The summed E-state index contributed by atoms with van der Waals surface area (Å²) < 4.78 is 25.7. The highest BCUT2D eigenvalue weighted by atomic mass is 19.2. The highest BCUT2D eigenvalue weighted by Gasteiger charge is 2.25. The van der Waals surface area contributed by atoms with E-state index in [0.29, 0.717) is 6.42 Å². The lowest BCUT2D eigenvalue weighted by Gasteiger charge is -2.20. The summed E-state index contributed by atoms with van der Waals surface area (Å²) >= 11 is 0. The van der Waals surface area contributed by atoms with Gasteiger partial charge in [-0.15, -0.1) is 0 Å². The maximum atomic E-state index is 13.0. The number of halogens is 2. The third-order valence-electron chi connectivity index (χ3n) is 2.95. The minimum absolute atomic E-state index is 0.117. The first kappa shape index (κ1) is 15.1. The third kappa shape index (κ3) is 3.74. The van der Waals surface area contributed by atoms with Crippen LogP contribution in [0.3, 0.4) is 0 Å². The molecule has 6 heteroatoms. The molecule has 1 rings (SSSR count). The van der Waals surface area contributed by atoms with E-state index in [-0.39, 0.29) is 11.5 Å². The lowest BCUT2D eigenvalue weighted by molar-refractivity contribution is -0.140. The number of benzene rings is 1. The van der Waals surface area contributed by atoms with Crippen LogP contribution >= 0.6 is 0 Å². The van der Waals surface area contributed by atoms with Crippen LogP contribution < -0.4 is 5.32 Å². The van der Waals surface area contributed by atoms with E-state index in [2.05, 4.69) is 5.32 Å². The van der Waals surface area contributed by atoms with Gasteiger partial charge in [0.15, 0.2) is 11.6 Å². The van der Waals surface area contributed by atoms with E-state index in [9.17, 15) is 18.4 Å². The fourth-order valence-electron chi connectivity index (χ4n) is 1.55. The van der Waals surface area contributed by atoms with Crippen LogP contribution in [0.15, 0.2) is 18.2 Å². The van der Waals surface area contributed by atoms with Crippen LogP contribution in [0.1, 0.15) is 30.6 Å². The van der Waals surface area contributed by atoms with Gasteiger partial charge in [0.1, 0.15) is 6.04 Å². The molecule has 0 aromatic heterocycles. The lowest BCUT2D eigenvalue weighted by Crippen LogP contribution is -2.45. The summed E-state index contributed by atoms with van der Waals surface area (Å²) in [6, 6.07) is 1.60. The van der Waals surface area contributed by atoms with Crippen LogP contribution in [-0.2, 0) is 4.79 Å². The van der Waals surface area contributed by atoms with Crippen molar-refractivity contribution >= 4 is 11.9 Å². The van der Waals surface area contributed by atoms with Gasteiger partial charge in [-0.1, -0.05) is 20.3 Å². The minimum atomic E-state index is -1.16. The van der Waals surface area contributed by atoms with Crippen LogP contribution in [0.2, 0.25) is 0 Å². The summed E-state index contributed by atoms with van der Waals surface area (Å²) in [4.78, 5) is 22.8. The Morgan fingerprint density at radius 2 is 1.95 bits per heavy atom. The molecule has 19 heavy (non-hydrogen) atoms. The second-order valence-electron chi connectivity index (χ2n) is 4.30. The van der Waals surface area contributed by atoms with Gasteiger partial charge in [0.05, 0.1) is 0 Å². The van der Waals surface area contributed by atoms with Gasteiger partial charge in [-0.2, -0.15) is 0 Å². The van der Waals surface area contributed by atoms with Crippen LogP contribution in [0.5, 0.6) is 0 Å². The summed E-state index contributed by atoms with van der Waals surface area (Å²) in [5, 5.41) is 11.3. The molecule has 2 N–H and O–H groups in total. The molecule has 0 saturated carbocycles. The second kappa shape index (κ2) is 6.26. The average molecular weight is 271 g/mol. The maximum absolute atomic E-state index is 13.0. The number of carbonyl (C=O) groups is 2. The topological polar surface area (TPSA) is 66.4 Å². The van der Waals surface area contributed by atoms with E-state index in [4.69, 9.17) is 5.11 Å². The zero-order valence-corrected chi connectivity index (χ0v) is 10.6. The first-order valence-electron chi connectivity index (χ1n) is 5.85. The Kier molecular flexibility index (Phi) is 4.97. The number of carboxylic acids is 1. The van der Waals surface area contributed by atoms with E-state index in [1.54, 1.807) is 13.8 Å². The number of hydrogen-bond acceptors (Lipinski definition) is 2.